The van der Waals surface area contributed by atoms with Crippen LogP contribution in [-0.2, 0) is 20.5 Å². The fourth-order valence-electron chi connectivity index (χ4n) is 2.46. The maximum absolute atomic E-state index is 12.5. The number of hydrogen-bond acceptors (Lipinski definition) is 6. The first-order valence-electron chi connectivity index (χ1n) is 7.98. The van der Waals surface area contributed by atoms with Gasteiger partial charge < -0.3 is 9.47 Å². The van der Waals surface area contributed by atoms with E-state index in [2.05, 4.69) is 14.7 Å². The van der Waals surface area contributed by atoms with E-state index in [-0.39, 0.29) is 5.75 Å². The molecule has 0 fully saturated rings. The molecule has 26 heavy (non-hydrogen) atoms. The predicted octanol–water partition coefficient (Wildman–Crippen LogP) is 2.60. The van der Waals surface area contributed by atoms with Crippen molar-refractivity contribution in [2.24, 2.45) is 0 Å². The predicted molar refractivity (Wildman–Crippen MR) is 99.6 cm³/mol. The number of nitrogens with one attached hydrogen (secondary N) is 1. The van der Waals surface area contributed by atoms with Gasteiger partial charge in [-0.2, -0.15) is 0 Å². The first-order chi connectivity index (χ1) is 12.6. The number of hydrogen-bond donors (Lipinski definition) is 1. The number of anilines is 1. The average molecular weight is 373 g/mol. The maximum Gasteiger partial charge on any atom is 0.237 e. The summed E-state index contributed by atoms with van der Waals surface area (Å²) in [6.45, 7) is 0.831. The molecule has 2 aromatic heterocycles. The Hall–Kier alpha value is -2.71. The molecule has 0 amide bonds. The number of sulfonamides is 1. The summed E-state index contributed by atoms with van der Waals surface area (Å²) in [5.41, 5.74) is 1.70. The molecule has 0 atom stereocenters. The van der Waals surface area contributed by atoms with Crippen molar-refractivity contribution >= 4 is 26.6 Å². The summed E-state index contributed by atoms with van der Waals surface area (Å²) < 4.78 is 37.8. The number of methoxy groups -OCH3 is 1. The molecule has 0 aliphatic carbocycles. The van der Waals surface area contributed by atoms with Crippen molar-refractivity contribution in [3.8, 4) is 5.88 Å². The van der Waals surface area contributed by atoms with Crippen molar-refractivity contribution in [1.29, 1.82) is 0 Å². The molecule has 136 valence electrons. The lowest BCUT2D eigenvalue weighted by atomic mass is 10.1. The Bertz CT molecular complexity index is 970. The van der Waals surface area contributed by atoms with Crippen LogP contribution in [0.4, 0.5) is 5.69 Å². The summed E-state index contributed by atoms with van der Waals surface area (Å²) in [6.07, 6.45) is 3.07. The number of pyridine rings is 2. The van der Waals surface area contributed by atoms with E-state index in [1.165, 1.54) is 6.20 Å². The number of rotatable bonds is 8. The molecule has 3 rings (SSSR count). The fourth-order valence-corrected chi connectivity index (χ4v) is 3.65. The molecule has 0 bridgehead atoms. The van der Waals surface area contributed by atoms with Crippen LogP contribution < -0.4 is 9.46 Å². The smallest absolute Gasteiger partial charge is 0.237 e. The van der Waals surface area contributed by atoms with Crippen molar-refractivity contribution in [2.75, 3.05) is 25.0 Å². The largest absolute Gasteiger partial charge is 0.475 e. The number of para-hydroxylation sites is 1. The highest BCUT2D eigenvalue weighted by atomic mass is 32.2. The highest BCUT2D eigenvalue weighted by molar-refractivity contribution is 7.91. The van der Waals surface area contributed by atoms with Gasteiger partial charge in [0.15, 0.2) is 0 Å². The number of nitrogens with zero attached hydrogens (tertiary/aromatic N) is 2. The van der Waals surface area contributed by atoms with Crippen LogP contribution >= 0.6 is 0 Å². The van der Waals surface area contributed by atoms with Crippen molar-refractivity contribution in [2.45, 2.75) is 5.75 Å². The van der Waals surface area contributed by atoms with Crippen LogP contribution in [0.1, 0.15) is 5.56 Å². The molecule has 0 radical (unpaired) electrons. The van der Waals surface area contributed by atoms with Crippen molar-refractivity contribution in [1.82, 2.24) is 9.97 Å². The highest BCUT2D eigenvalue weighted by Crippen LogP contribution is 2.20. The second-order valence-corrected chi connectivity index (χ2v) is 7.30. The Labute approximate surface area is 152 Å². The lowest BCUT2D eigenvalue weighted by molar-refractivity contribution is 0.144. The van der Waals surface area contributed by atoms with Crippen LogP contribution in [0.25, 0.3) is 10.9 Å². The van der Waals surface area contributed by atoms with Crippen LogP contribution in [0, 0.1) is 0 Å². The third-order valence-electron chi connectivity index (χ3n) is 3.61. The SMILES string of the molecule is COCCOc1ccc(NS(=O)(=O)Cc2cccc3cccnc23)cn1. The summed E-state index contributed by atoms with van der Waals surface area (Å²) in [4.78, 5) is 8.36. The van der Waals surface area contributed by atoms with E-state index >= 15 is 0 Å². The lowest BCUT2D eigenvalue weighted by Crippen LogP contribution is -2.15. The zero-order valence-electron chi connectivity index (χ0n) is 14.3. The molecule has 0 aliphatic heterocycles. The fraction of sp³-hybridized carbons (Fsp3) is 0.222. The van der Waals surface area contributed by atoms with Crippen molar-refractivity contribution in [3.63, 3.8) is 0 Å². The third-order valence-corrected chi connectivity index (χ3v) is 4.85. The lowest BCUT2D eigenvalue weighted by Gasteiger charge is -2.10. The van der Waals surface area contributed by atoms with E-state index in [4.69, 9.17) is 9.47 Å². The standard InChI is InChI=1S/C18H19N3O4S/c1-24-10-11-25-17-8-7-16(12-20-17)21-26(22,23)13-15-5-2-4-14-6-3-9-19-18(14)15/h2-9,12,21H,10-11,13H2,1H3. The van der Waals surface area contributed by atoms with E-state index < -0.39 is 10.0 Å². The Morgan fingerprint density at radius 3 is 2.65 bits per heavy atom. The van der Waals surface area contributed by atoms with E-state index in [9.17, 15) is 8.42 Å². The van der Waals surface area contributed by atoms with Crippen LogP contribution in [-0.4, -0.2) is 38.7 Å². The molecular weight excluding hydrogens is 354 g/mol. The highest BCUT2D eigenvalue weighted by Gasteiger charge is 2.14. The summed E-state index contributed by atoms with van der Waals surface area (Å²) in [5.74, 6) is 0.233. The third kappa shape index (κ3) is 4.68. The van der Waals surface area contributed by atoms with Crippen LogP contribution in [0.5, 0.6) is 5.88 Å². The van der Waals surface area contributed by atoms with E-state index in [0.717, 1.165) is 5.39 Å². The van der Waals surface area contributed by atoms with Crippen molar-refractivity contribution in [3.05, 3.63) is 60.4 Å². The molecule has 0 unspecified atom stereocenters. The van der Waals surface area contributed by atoms with Gasteiger partial charge in [0.2, 0.25) is 15.9 Å². The summed E-state index contributed by atoms with van der Waals surface area (Å²) in [6, 6.07) is 12.4. The normalized spacial score (nSPS) is 11.4. The molecule has 0 aliphatic rings. The summed E-state index contributed by atoms with van der Waals surface area (Å²) in [5, 5.41) is 0.902. The zero-order chi connectivity index (χ0) is 18.4. The van der Waals surface area contributed by atoms with Crippen LogP contribution in [0.15, 0.2) is 54.9 Å². The summed E-state index contributed by atoms with van der Waals surface area (Å²) in [7, 11) is -2.02. The molecule has 2 heterocycles. The molecule has 1 N–H and O–H groups in total. The topological polar surface area (TPSA) is 90.4 Å². The number of fused-ring (bicyclic) bond motifs is 1. The number of aromatic nitrogens is 2. The van der Waals surface area contributed by atoms with E-state index in [1.807, 2.05) is 24.3 Å². The maximum atomic E-state index is 12.5. The molecular formula is C18H19N3O4S. The van der Waals surface area contributed by atoms with Gasteiger partial charge >= 0.3 is 0 Å². The van der Waals surface area contributed by atoms with Gasteiger partial charge in [-0.3, -0.25) is 9.71 Å². The van der Waals surface area contributed by atoms with Gasteiger partial charge in [-0.1, -0.05) is 24.3 Å². The van der Waals surface area contributed by atoms with Gasteiger partial charge in [-0.05, 0) is 17.7 Å². The molecule has 0 saturated heterocycles. The second-order valence-electron chi connectivity index (χ2n) is 5.58. The van der Waals surface area contributed by atoms with Gasteiger partial charge in [0.25, 0.3) is 0 Å². The quantitative estimate of drug-likeness (QED) is 0.611. The molecule has 7 nitrogen and oxygen atoms in total. The van der Waals surface area contributed by atoms with E-state index in [0.29, 0.717) is 35.9 Å². The average Bonchev–Trinajstić information content (AvgIpc) is 2.63. The Kier molecular flexibility index (Phi) is 5.65. The van der Waals surface area contributed by atoms with Gasteiger partial charge in [-0.25, -0.2) is 13.4 Å². The monoisotopic (exact) mass is 373 g/mol. The van der Waals surface area contributed by atoms with E-state index in [1.54, 1.807) is 31.5 Å². The number of benzene rings is 1. The van der Waals surface area contributed by atoms with Crippen molar-refractivity contribution < 1.29 is 17.9 Å². The first-order valence-corrected chi connectivity index (χ1v) is 9.63. The Balaban J connectivity index is 1.70. The summed E-state index contributed by atoms with van der Waals surface area (Å²) >= 11 is 0. The van der Waals surface area contributed by atoms with Gasteiger partial charge in [-0.15, -0.1) is 0 Å². The first kappa shape index (κ1) is 18.1. The van der Waals surface area contributed by atoms with Gasteiger partial charge in [0.1, 0.15) is 6.61 Å². The van der Waals surface area contributed by atoms with Gasteiger partial charge in [0, 0.05) is 24.8 Å². The minimum atomic E-state index is -3.60. The minimum absolute atomic E-state index is 0.173. The van der Waals surface area contributed by atoms with Crippen LogP contribution in [0.3, 0.4) is 0 Å². The molecule has 0 spiro atoms. The second kappa shape index (κ2) is 8.11. The molecule has 1 aromatic carbocycles. The zero-order valence-corrected chi connectivity index (χ0v) is 15.1. The van der Waals surface area contributed by atoms with Crippen LogP contribution in [0.2, 0.25) is 0 Å². The van der Waals surface area contributed by atoms with Gasteiger partial charge in [0.05, 0.1) is 29.8 Å². The molecule has 8 heteroatoms. The number of ether oxygens (including phenoxy) is 2. The molecule has 3 aromatic rings. The Morgan fingerprint density at radius 2 is 1.88 bits per heavy atom. The molecule has 0 saturated carbocycles. The minimum Gasteiger partial charge on any atom is -0.475 e. The Morgan fingerprint density at radius 1 is 1.04 bits per heavy atom.